The second-order valence-electron chi connectivity index (χ2n) is 4.02. The molecule has 3 heteroatoms. The predicted molar refractivity (Wildman–Crippen MR) is 58.8 cm³/mol. The minimum atomic E-state index is -0.248. The number of ether oxygens (including phenoxy) is 1. The summed E-state index contributed by atoms with van der Waals surface area (Å²) in [5, 5.41) is 9.80. The first-order chi connectivity index (χ1) is 7.33. The highest BCUT2D eigenvalue weighted by atomic mass is 16.5. The Morgan fingerprint density at radius 1 is 1.60 bits per heavy atom. The van der Waals surface area contributed by atoms with E-state index in [1.165, 1.54) is 5.69 Å². The van der Waals surface area contributed by atoms with Crippen LogP contribution in [-0.4, -0.2) is 22.9 Å². The van der Waals surface area contributed by atoms with Crippen LogP contribution in [0, 0.1) is 0 Å². The van der Waals surface area contributed by atoms with Crippen LogP contribution in [0.3, 0.4) is 0 Å². The number of rotatable bonds is 4. The zero-order valence-electron chi connectivity index (χ0n) is 9.28. The van der Waals surface area contributed by atoms with Crippen LogP contribution in [0.1, 0.15) is 37.1 Å². The number of aliphatic hydroxyl groups excluding tert-OH is 1. The Labute approximate surface area is 90.7 Å². The third-order valence-electron chi connectivity index (χ3n) is 3.04. The number of fused-ring (bicyclic) bond motifs is 1. The summed E-state index contributed by atoms with van der Waals surface area (Å²) in [5.74, 6) is 0. The molecule has 3 nitrogen and oxygen atoms in total. The summed E-state index contributed by atoms with van der Waals surface area (Å²) < 4.78 is 7.56. The van der Waals surface area contributed by atoms with Crippen LogP contribution in [-0.2, 0) is 17.7 Å². The molecule has 0 aromatic carbocycles. The van der Waals surface area contributed by atoms with Crippen molar-refractivity contribution in [2.75, 3.05) is 13.2 Å². The van der Waals surface area contributed by atoms with Gasteiger partial charge in [0.25, 0.3) is 0 Å². The molecule has 1 unspecified atom stereocenters. The van der Waals surface area contributed by atoms with E-state index >= 15 is 0 Å². The van der Waals surface area contributed by atoms with Gasteiger partial charge in [0.15, 0.2) is 0 Å². The van der Waals surface area contributed by atoms with Gasteiger partial charge in [-0.25, -0.2) is 0 Å². The highest BCUT2D eigenvalue weighted by Crippen LogP contribution is 2.30. The minimum absolute atomic E-state index is 0.248. The van der Waals surface area contributed by atoms with Crippen LogP contribution in [0.5, 0.6) is 0 Å². The van der Waals surface area contributed by atoms with Crippen LogP contribution < -0.4 is 0 Å². The summed E-state index contributed by atoms with van der Waals surface area (Å²) in [6, 6.07) is 2.05. The number of hydrogen-bond donors (Lipinski definition) is 1. The van der Waals surface area contributed by atoms with Gasteiger partial charge in [-0.3, -0.25) is 0 Å². The molecule has 84 valence electrons. The summed E-state index contributed by atoms with van der Waals surface area (Å²) in [7, 11) is 0. The van der Waals surface area contributed by atoms with E-state index in [1.54, 1.807) is 0 Å². The summed E-state index contributed by atoms with van der Waals surface area (Å²) in [6.07, 6.45) is 4.90. The van der Waals surface area contributed by atoms with E-state index in [-0.39, 0.29) is 6.10 Å². The van der Waals surface area contributed by atoms with Crippen molar-refractivity contribution in [2.24, 2.45) is 0 Å². The molecule has 0 saturated heterocycles. The molecule has 0 saturated carbocycles. The molecule has 15 heavy (non-hydrogen) atoms. The first kappa shape index (κ1) is 10.7. The van der Waals surface area contributed by atoms with E-state index in [1.807, 2.05) is 13.0 Å². The normalized spacial score (nSPS) is 20.3. The molecule has 1 N–H and O–H groups in total. The van der Waals surface area contributed by atoms with E-state index in [9.17, 15) is 5.11 Å². The quantitative estimate of drug-likeness (QED) is 0.768. The van der Waals surface area contributed by atoms with Crippen molar-refractivity contribution in [1.82, 2.24) is 4.57 Å². The minimum Gasteiger partial charge on any atom is -0.388 e. The van der Waals surface area contributed by atoms with E-state index in [2.05, 4.69) is 10.8 Å². The molecule has 0 aliphatic heterocycles. The maximum absolute atomic E-state index is 9.80. The van der Waals surface area contributed by atoms with Gasteiger partial charge in [0.1, 0.15) is 0 Å². The van der Waals surface area contributed by atoms with Gasteiger partial charge < -0.3 is 14.4 Å². The van der Waals surface area contributed by atoms with Crippen LogP contribution in [0.4, 0.5) is 0 Å². The van der Waals surface area contributed by atoms with Gasteiger partial charge >= 0.3 is 0 Å². The third kappa shape index (κ3) is 2.24. The number of nitrogens with zero attached hydrogens (tertiary/aromatic N) is 1. The second kappa shape index (κ2) is 4.81. The van der Waals surface area contributed by atoms with Gasteiger partial charge in [-0.15, -0.1) is 0 Å². The standard InChI is InChI=1S/C12H19NO2/c1-2-15-9-8-13-7-6-10-11(13)4-3-5-12(10)14/h6-7,12,14H,2-5,8-9H2,1H3. The molecule has 0 spiro atoms. The molecule has 0 fully saturated rings. The monoisotopic (exact) mass is 209 g/mol. The highest BCUT2D eigenvalue weighted by Gasteiger charge is 2.20. The van der Waals surface area contributed by atoms with Crippen molar-refractivity contribution in [3.05, 3.63) is 23.5 Å². The molecular formula is C12H19NO2. The molecule has 1 atom stereocenters. The molecule has 0 bridgehead atoms. The summed E-state index contributed by atoms with van der Waals surface area (Å²) in [4.78, 5) is 0. The van der Waals surface area contributed by atoms with Gasteiger partial charge in [0.05, 0.1) is 12.7 Å². The van der Waals surface area contributed by atoms with Gasteiger partial charge in [-0.2, -0.15) is 0 Å². The van der Waals surface area contributed by atoms with Crippen LogP contribution in [0.25, 0.3) is 0 Å². The average molecular weight is 209 g/mol. The van der Waals surface area contributed by atoms with E-state index in [0.717, 1.165) is 44.6 Å². The van der Waals surface area contributed by atoms with E-state index < -0.39 is 0 Å². The number of aliphatic hydroxyl groups is 1. The van der Waals surface area contributed by atoms with Crippen LogP contribution >= 0.6 is 0 Å². The highest BCUT2D eigenvalue weighted by molar-refractivity contribution is 5.27. The first-order valence-corrected chi connectivity index (χ1v) is 5.76. The molecule has 1 aromatic rings. The zero-order valence-corrected chi connectivity index (χ0v) is 9.28. The summed E-state index contributed by atoms with van der Waals surface area (Å²) >= 11 is 0. The van der Waals surface area contributed by atoms with E-state index in [0.29, 0.717) is 0 Å². The molecule has 2 rings (SSSR count). The van der Waals surface area contributed by atoms with Crippen molar-refractivity contribution in [3.8, 4) is 0 Å². The summed E-state index contributed by atoms with van der Waals surface area (Å²) in [5.41, 5.74) is 2.42. The maximum Gasteiger partial charge on any atom is 0.0807 e. The Hall–Kier alpha value is -0.800. The maximum atomic E-state index is 9.80. The Morgan fingerprint density at radius 2 is 2.47 bits per heavy atom. The van der Waals surface area contributed by atoms with Gasteiger partial charge in [-0.05, 0) is 32.3 Å². The van der Waals surface area contributed by atoms with Crippen LogP contribution in [0.15, 0.2) is 12.3 Å². The summed E-state index contributed by atoms with van der Waals surface area (Å²) in [6.45, 7) is 4.44. The number of aromatic nitrogens is 1. The second-order valence-corrected chi connectivity index (χ2v) is 4.02. The third-order valence-corrected chi connectivity index (χ3v) is 3.04. The van der Waals surface area contributed by atoms with Crippen molar-refractivity contribution in [2.45, 2.75) is 38.8 Å². The Morgan fingerprint density at radius 3 is 3.27 bits per heavy atom. The first-order valence-electron chi connectivity index (χ1n) is 5.76. The lowest BCUT2D eigenvalue weighted by Gasteiger charge is -2.20. The average Bonchev–Trinajstić information content (AvgIpc) is 2.64. The molecule has 1 aliphatic rings. The molecule has 1 aromatic heterocycles. The van der Waals surface area contributed by atoms with Gasteiger partial charge in [0.2, 0.25) is 0 Å². The lowest BCUT2D eigenvalue weighted by Crippen LogP contribution is -2.14. The zero-order chi connectivity index (χ0) is 10.7. The van der Waals surface area contributed by atoms with Crippen LogP contribution in [0.2, 0.25) is 0 Å². The largest absolute Gasteiger partial charge is 0.388 e. The molecule has 1 heterocycles. The number of hydrogen-bond acceptors (Lipinski definition) is 2. The molecule has 1 aliphatic carbocycles. The Bertz CT molecular complexity index is 319. The fourth-order valence-electron chi connectivity index (χ4n) is 2.25. The van der Waals surface area contributed by atoms with Crippen molar-refractivity contribution in [1.29, 1.82) is 0 Å². The smallest absolute Gasteiger partial charge is 0.0807 e. The Balaban J connectivity index is 2.06. The Kier molecular flexibility index (Phi) is 3.44. The van der Waals surface area contributed by atoms with Gasteiger partial charge in [0, 0.05) is 30.6 Å². The topological polar surface area (TPSA) is 34.4 Å². The predicted octanol–water partition coefficient (Wildman–Crippen LogP) is 1.89. The van der Waals surface area contributed by atoms with Crippen molar-refractivity contribution in [3.63, 3.8) is 0 Å². The fourth-order valence-corrected chi connectivity index (χ4v) is 2.25. The van der Waals surface area contributed by atoms with E-state index in [4.69, 9.17) is 4.74 Å². The van der Waals surface area contributed by atoms with Crippen molar-refractivity contribution < 1.29 is 9.84 Å². The lowest BCUT2D eigenvalue weighted by molar-refractivity contribution is 0.136. The fraction of sp³-hybridized carbons (Fsp3) is 0.667. The lowest BCUT2D eigenvalue weighted by atomic mass is 9.95. The van der Waals surface area contributed by atoms with Gasteiger partial charge in [-0.1, -0.05) is 0 Å². The molecule has 0 amide bonds. The molecular weight excluding hydrogens is 190 g/mol. The molecule has 0 radical (unpaired) electrons. The SMILES string of the molecule is CCOCCn1ccc2c1CCCC2O. The van der Waals surface area contributed by atoms with Crippen molar-refractivity contribution >= 4 is 0 Å².